The lowest BCUT2D eigenvalue weighted by atomic mass is 10.1. The van der Waals surface area contributed by atoms with Crippen LogP contribution in [-0.2, 0) is 0 Å². The summed E-state index contributed by atoms with van der Waals surface area (Å²) >= 11 is 6.05. The van der Waals surface area contributed by atoms with Crippen LogP contribution in [0.15, 0.2) is 61.2 Å². The number of nitrogens with one attached hydrogen (secondary N) is 1. The van der Waals surface area contributed by atoms with Gasteiger partial charge in [0.2, 0.25) is 0 Å². The lowest BCUT2D eigenvalue weighted by molar-refractivity contribution is 0.0940. The fourth-order valence-electron chi connectivity index (χ4n) is 2.26. The van der Waals surface area contributed by atoms with Gasteiger partial charge in [0, 0.05) is 0 Å². The Balaban J connectivity index is 1.72. The van der Waals surface area contributed by atoms with Crippen molar-refractivity contribution in [3.05, 3.63) is 77.3 Å². The van der Waals surface area contributed by atoms with Crippen molar-refractivity contribution >= 4 is 17.5 Å². The third-order valence-electron chi connectivity index (χ3n) is 3.54. The van der Waals surface area contributed by atoms with Gasteiger partial charge in [0.25, 0.3) is 5.91 Å². The summed E-state index contributed by atoms with van der Waals surface area (Å²) < 4.78 is 1.68. The number of carbonyl (C=O) groups excluding carboxylic acids is 1. The molecule has 0 aliphatic heterocycles. The Hall–Kier alpha value is -2.66. The van der Waals surface area contributed by atoms with Gasteiger partial charge in [0.1, 0.15) is 12.7 Å². The molecule has 1 amide bonds. The van der Waals surface area contributed by atoms with Crippen LogP contribution in [0.25, 0.3) is 5.69 Å². The monoisotopic (exact) mass is 326 g/mol. The molecule has 0 bridgehead atoms. The van der Waals surface area contributed by atoms with Crippen molar-refractivity contribution in [2.45, 2.75) is 13.0 Å². The van der Waals surface area contributed by atoms with E-state index >= 15 is 0 Å². The second-order valence-electron chi connectivity index (χ2n) is 5.11. The number of hydrogen-bond acceptors (Lipinski definition) is 3. The van der Waals surface area contributed by atoms with Crippen LogP contribution in [0.1, 0.15) is 28.9 Å². The van der Waals surface area contributed by atoms with Crippen LogP contribution < -0.4 is 5.32 Å². The van der Waals surface area contributed by atoms with Gasteiger partial charge in [-0.25, -0.2) is 9.67 Å². The summed E-state index contributed by atoms with van der Waals surface area (Å²) in [6.07, 6.45) is 3.12. The van der Waals surface area contributed by atoms with Gasteiger partial charge in [-0.1, -0.05) is 35.9 Å². The smallest absolute Gasteiger partial charge is 0.253 e. The maximum Gasteiger partial charge on any atom is 0.253 e. The van der Waals surface area contributed by atoms with E-state index in [0.717, 1.165) is 11.3 Å². The largest absolute Gasteiger partial charge is 0.345 e. The Labute approximate surface area is 138 Å². The van der Waals surface area contributed by atoms with Crippen LogP contribution in [0.5, 0.6) is 0 Å². The molecule has 0 spiro atoms. The average Bonchev–Trinajstić information content (AvgIpc) is 3.09. The highest BCUT2D eigenvalue weighted by molar-refractivity contribution is 6.33. The topological polar surface area (TPSA) is 59.8 Å². The molecule has 1 N–H and O–H groups in total. The molecule has 6 heteroatoms. The van der Waals surface area contributed by atoms with Crippen molar-refractivity contribution in [1.82, 2.24) is 20.1 Å². The van der Waals surface area contributed by atoms with E-state index in [9.17, 15) is 4.79 Å². The van der Waals surface area contributed by atoms with Crippen LogP contribution in [-0.4, -0.2) is 20.7 Å². The summed E-state index contributed by atoms with van der Waals surface area (Å²) in [6, 6.07) is 14.6. The van der Waals surface area contributed by atoms with Gasteiger partial charge < -0.3 is 5.32 Å². The molecule has 1 unspecified atom stereocenters. The van der Waals surface area contributed by atoms with Crippen molar-refractivity contribution in [3.63, 3.8) is 0 Å². The van der Waals surface area contributed by atoms with E-state index in [0.29, 0.717) is 10.6 Å². The summed E-state index contributed by atoms with van der Waals surface area (Å²) in [5.41, 5.74) is 2.38. The first-order valence-corrected chi connectivity index (χ1v) is 7.53. The second-order valence-corrected chi connectivity index (χ2v) is 5.51. The van der Waals surface area contributed by atoms with Crippen molar-refractivity contribution in [1.29, 1.82) is 0 Å². The molecule has 1 aromatic heterocycles. The highest BCUT2D eigenvalue weighted by Crippen LogP contribution is 2.18. The minimum atomic E-state index is -0.191. The summed E-state index contributed by atoms with van der Waals surface area (Å²) in [6.45, 7) is 1.93. The lowest BCUT2D eigenvalue weighted by Crippen LogP contribution is -2.26. The van der Waals surface area contributed by atoms with E-state index < -0.39 is 0 Å². The normalized spacial score (nSPS) is 11.9. The Kier molecular flexibility index (Phi) is 4.39. The van der Waals surface area contributed by atoms with Gasteiger partial charge in [0.15, 0.2) is 0 Å². The summed E-state index contributed by atoms with van der Waals surface area (Å²) in [7, 11) is 0. The highest BCUT2D eigenvalue weighted by atomic mass is 35.5. The second kappa shape index (κ2) is 6.62. The van der Waals surface area contributed by atoms with Crippen molar-refractivity contribution in [2.24, 2.45) is 0 Å². The average molecular weight is 327 g/mol. The predicted molar refractivity (Wildman–Crippen MR) is 88.7 cm³/mol. The number of halogens is 1. The molecule has 0 aliphatic rings. The maximum absolute atomic E-state index is 12.3. The number of carbonyl (C=O) groups is 1. The minimum Gasteiger partial charge on any atom is -0.345 e. The first-order valence-electron chi connectivity index (χ1n) is 7.15. The number of nitrogens with zero attached hydrogens (tertiary/aromatic N) is 3. The van der Waals surface area contributed by atoms with Crippen molar-refractivity contribution in [2.75, 3.05) is 0 Å². The third kappa shape index (κ3) is 3.40. The van der Waals surface area contributed by atoms with Crippen molar-refractivity contribution in [3.8, 4) is 5.69 Å². The van der Waals surface area contributed by atoms with E-state index in [2.05, 4.69) is 15.4 Å². The highest BCUT2D eigenvalue weighted by Gasteiger charge is 2.13. The molecule has 0 fully saturated rings. The molecule has 3 aromatic rings. The summed E-state index contributed by atoms with van der Waals surface area (Å²) in [5.74, 6) is -0.191. The molecule has 0 saturated carbocycles. The first-order chi connectivity index (χ1) is 11.1. The summed E-state index contributed by atoms with van der Waals surface area (Å²) in [5, 5.41) is 7.47. The molecule has 3 rings (SSSR count). The van der Waals surface area contributed by atoms with Gasteiger partial charge in [0.05, 0.1) is 22.3 Å². The molecule has 0 radical (unpaired) electrons. The molecule has 1 heterocycles. The molecular weight excluding hydrogens is 312 g/mol. The van der Waals surface area contributed by atoms with Crippen molar-refractivity contribution < 1.29 is 4.79 Å². The molecule has 23 heavy (non-hydrogen) atoms. The Morgan fingerprint density at radius 3 is 2.57 bits per heavy atom. The summed E-state index contributed by atoms with van der Waals surface area (Å²) in [4.78, 5) is 16.2. The third-order valence-corrected chi connectivity index (χ3v) is 3.87. The predicted octanol–water partition coefficient (Wildman–Crippen LogP) is 3.41. The zero-order valence-corrected chi connectivity index (χ0v) is 13.2. The standard InChI is InChI=1S/C17H15ClN4O/c1-12(21-17(23)15-4-2-3-5-16(15)18)13-6-8-14(9-7-13)22-11-19-10-20-22/h2-12H,1H3,(H,21,23). The number of hydrogen-bond donors (Lipinski definition) is 1. The van der Waals surface area contributed by atoms with Gasteiger partial charge >= 0.3 is 0 Å². The molecule has 5 nitrogen and oxygen atoms in total. The molecule has 116 valence electrons. The lowest BCUT2D eigenvalue weighted by Gasteiger charge is -2.15. The number of benzene rings is 2. The van der Waals surface area contributed by atoms with E-state index in [4.69, 9.17) is 11.6 Å². The van der Waals surface area contributed by atoms with E-state index in [1.165, 1.54) is 6.33 Å². The first kappa shape index (κ1) is 15.2. The van der Waals surface area contributed by atoms with Crippen LogP contribution in [0.2, 0.25) is 5.02 Å². The van der Waals surface area contributed by atoms with Gasteiger partial charge in [-0.2, -0.15) is 5.10 Å². The quantitative estimate of drug-likeness (QED) is 0.799. The Morgan fingerprint density at radius 1 is 1.17 bits per heavy atom. The maximum atomic E-state index is 12.3. The molecule has 0 saturated heterocycles. The SMILES string of the molecule is CC(NC(=O)c1ccccc1Cl)c1ccc(-n2cncn2)cc1. The zero-order chi connectivity index (χ0) is 16.2. The number of rotatable bonds is 4. The van der Waals surface area contributed by atoms with Gasteiger partial charge in [-0.15, -0.1) is 0 Å². The minimum absolute atomic E-state index is 0.136. The van der Waals surface area contributed by atoms with Gasteiger partial charge in [-0.3, -0.25) is 4.79 Å². The van der Waals surface area contributed by atoms with Crippen LogP contribution in [0.3, 0.4) is 0 Å². The van der Waals surface area contributed by atoms with E-state index in [-0.39, 0.29) is 11.9 Å². The fraction of sp³-hybridized carbons (Fsp3) is 0.118. The number of aromatic nitrogens is 3. The molecule has 2 aromatic carbocycles. The number of amides is 1. The molecule has 1 atom stereocenters. The Bertz CT molecular complexity index is 800. The van der Waals surface area contributed by atoms with Crippen LogP contribution >= 0.6 is 11.6 Å². The Morgan fingerprint density at radius 2 is 1.91 bits per heavy atom. The molecule has 0 aliphatic carbocycles. The van der Waals surface area contributed by atoms with Crippen LogP contribution in [0, 0.1) is 0 Å². The van der Waals surface area contributed by atoms with E-state index in [1.54, 1.807) is 35.3 Å². The van der Waals surface area contributed by atoms with Crippen LogP contribution in [0.4, 0.5) is 0 Å². The zero-order valence-electron chi connectivity index (χ0n) is 12.5. The molecular formula is C17H15ClN4O. The fourth-order valence-corrected chi connectivity index (χ4v) is 2.48. The van der Waals surface area contributed by atoms with E-state index in [1.807, 2.05) is 31.2 Å². The van der Waals surface area contributed by atoms with Gasteiger partial charge in [-0.05, 0) is 36.8 Å².